The summed E-state index contributed by atoms with van der Waals surface area (Å²) in [5.74, 6) is -0.222. The van der Waals surface area contributed by atoms with E-state index in [1.807, 2.05) is 6.92 Å². The van der Waals surface area contributed by atoms with Crippen LogP contribution < -0.4 is 5.43 Å². The highest BCUT2D eigenvalue weighted by Crippen LogP contribution is 2.22. The number of carbonyl (C=O) groups is 1. The molecule has 0 radical (unpaired) electrons. The Morgan fingerprint density at radius 2 is 1.77 bits per heavy atom. The lowest BCUT2D eigenvalue weighted by Gasteiger charge is -2.16. The van der Waals surface area contributed by atoms with Crippen LogP contribution in [0.15, 0.2) is 47.8 Å². The summed E-state index contributed by atoms with van der Waals surface area (Å²) < 4.78 is 0. The largest absolute Gasteiger partial charge is 0.271 e. The number of aromatic nitrogens is 1. The monoisotopic (exact) mass is 293 g/mol. The van der Waals surface area contributed by atoms with Crippen LogP contribution in [-0.2, 0) is 12.8 Å². The minimum atomic E-state index is -0.222. The van der Waals surface area contributed by atoms with Crippen LogP contribution in [0.25, 0.3) is 0 Å². The molecule has 0 aliphatic heterocycles. The SMILES string of the molecule is C/C(=N/NC(=O)c1ccncc1)c1ccc2c(c1)CCCC2. The second-order valence-electron chi connectivity index (χ2n) is 5.56. The zero-order valence-corrected chi connectivity index (χ0v) is 12.7. The Morgan fingerprint density at radius 1 is 1.05 bits per heavy atom. The maximum atomic E-state index is 12.0. The molecule has 1 heterocycles. The quantitative estimate of drug-likeness (QED) is 0.698. The molecule has 3 rings (SSSR count). The number of hydrogen-bond donors (Lipinski definition) is 1. The van der Waals surface area contributed by atoms with E-state index in [-0.39, 0.29) is 5.91 Å². The number of aryl methyl sites for hydroxylation is 2. The molecule has 1 N–H and O–H groups in total. The third-order valence-electron chi connectivity index (χ3n) is 4.03. The van der Waals surface area contributed by atoms with Gasteiger partial charge < -0.3 is 0 Å². The predicted molar refractivity (Wildman–Crippen MR) is 87.0 cm³/mol. The predicted octanol–water partition coefficient (Wildman–Crippen LogP) is 3.11. The van der Waals surface area contributed by atoms with Gasteiger partial charge in [-0.05, 0) is 67.5 Å². The number of nitrogens with zero attached hydrogens (tertiary/aromatic N) is 2. The Hall–Kier alpha value is -2.49. The molecule has 0 fully saturated rings. The van der Waals surface area contributed by atoms with E-state index in [1.54, 1.807) is 24.5 Å². The summed E-state index contributed by atoms with van der Waals surface area (Å²) in [6.07, 6.45) is 8.03. The number of amides is 1. The number of nitrogens with one attached hydrogen (secondary N) is 1. The van der Waals surface area contributed by atoms with Crippen LogP contribution in [0.3, 0.4) is 0 Å². The van der Waals surface area contributed by atoms with Gasteiger partial charge in [0.25, 0.3) is 5.91 Å². The van der Waals surface area contributed by atoms with Crippen molar-refractivity contribution in [2.45, 2.75) is 32.6 Å². The van der Waals surface area contributed by atoms with Crippen molar-refractivity contribution < 1.29 is 4.79 Å². The second kappa shape index (κ2) is 6.52. The number of rotatable bonds is 3. The minimum Gasteiger partial charge on any atom is -0.267 e. The molecule has 0 saturated carbocycles. The Kier molecular flexibility index (Phi) is 4.28. The van der Waals surface area contributed by atoms with Crippen molar-refractivity contribution in [2.24, 2.45) is 5.10 Å². The van der Waals surface area contributed by atoms with E-state index in [4.69, 9.17) is 0 Å². The number of fused-ring (bicyclic) bond motifs is 1. The minimum absolute atomic E-state index is 0.222. The first-order chi connectivity index (χ1) is 10.7. The van der Waals surface area contributed by atoms with E-state index in [1.165, 1.54) is 30.4 Å². The summed E-state index contributed by atoms with van der Waals surface area (Å²) in [6.45, 7) is 1.91. The molecule has 1 aliphatic carbocycles. The van der Waals surface area contributed by atoms with Gasteiger partial charge in [-0.25, -0.2) is 5.43 Å². The Bertz CT molecular complexity index is 708. The molecule has 0 spiro atoms. The number of pyridine rings is 1. The van der Waals surface area contributed by atoms with Crippen molar-refractivity contribution in [1.29, 1.82) is 0 Å². The Labute approximate surface area is 130 Å². The van der Waals surface area contributed by atoms with E-state index in [0.29, 0.717) is 5.56 Å². The molecule has 0 saturated heterocycles. The average Bonchev–Trinajstić information content (AvgIpc) is 2.59. The number of hydrogen-bond acceptors (Lipinski definition) is 3. The van der Waals surface area contributed by atoms with Crippen LogP contribution in [0.2, 0.25) is 0 Å². The van der Waals surface area contributed by atoms with E-state index in [9.17, 15) is 4.79 Å². The molecule has 0 unspecified atom stereocenters. The van der Waals surface area contributed by atoms with Gasteiger partial charge in [0.1, 0.15) is 0 Å². The van der Waals surface area contributed by atoms with Gasteiger partial charge in [-0.1, -0.05) is 12.1 Å². The summed E-state index contributed by atoms with van der Waals surface area (Å²) in [5, 5.41) is 4.22. The highest BCUT2D eigenvalue weighted by Gasteiger charge is 2.10. The average molecular weight is 293 g/mol. The molecule has 1 amide bonds. The molecule has 1 aliphatic rings. The normalized spacial score (nSPS) is 14.3. The topological polar surface area (TPSA) is 54.4 Å². The van der Waals surface area contributed by atoms with Gasteiger partial charge >= 0.3 is 0 Å². The molecule has 4 nitrogen and oxygen atoms in total. The summed E-state index contributed by atoms with van der Waals surface area (Å²) in [7, 11) is 0. The molecule has 4 heteroatoms. The van der Waals surface area contributed by atoms with Gasteiger partial charge in [-0.3, -0.25) is 9.78 Å². The first-order valence-corrected chi connectivity index (χ1v) is 7.61. The molecule has 0 atom stereocenters. The van der Waals surface area contributed by atoms with Crippen molar-refractivity contribution in [3.8, 4) is 0 Å². The van der Waals surface area contributed by atoms with Gasteiger partial charge in [-0.2, -0.15) is 5.10 Å². The lowest BCUT2D eigenvalue weighted by atomic mass is 9.90. The maximum Gasteiger partial charge on any atom is 0.271 e. The molecule has 2 aromatic rings. The van der Waals surface area contributed by atoms with Crippen LogP contribution in [0, 0.1) is 0 Å². The van der Waals surface area contributed by atoms with Gasteiger partial charge in [0, 0.05) is 18.0 Å². The standard InChI is InChI=1S/C18H19N3O/c1-13(20-21-18(22)15-8-10-19-11-9-15)16-7-6-14-4-2-3-5-17(14)12-16/h6-12H,2-5H2,1H3,(H,21,22)/b20-13-. The van der Waals surface area contributed by atoms with Crippen molar-refractivity contribution in [3.05, 3.63) is 65.0 Å². The zero-order chi connectivity index (χ0) is 15.4. The van der Waals surface area contributed by atoms with Crippen LogP contribution in [-0.4, -0.2) is 16.6 Å². The van der Waals surface area contributed by atoms with Gasteiger partial charge in [0.05, 0.1) is 5.71 Å². The molecular weight excluding hydrogens is 274 g/mol. The van der Waals surface area contributed by atoms with Crippen LogP contribution in [0.5, 0.6) is 0 Å². The Morgan fingerprint density at radius 3 is 2.55 bits per heavy atom. The third-order valence-corrected chi connectivity index (χ3v) is 4.03. The summed E-state index contributed by atoms with van der Waals surface area (Å²) >= 11 is 0. The smallest absolute Gasteiger partial charge is 0.267 e. The highest BCUT2D eigenvalue weighted by molar-refractivity contribution is 6.01. The fourth-order valence-electron chi connectivity index (χ4n) is 2.73. The highest BCUT2D eigenvalue weighted by atomic mass is 16.2. The summed E-state index contributed by atoms with van der Waals surface area (Å²) in [4.78, 5) is 15.9. The first-order valence-electron chi connectivity index (χ1n) is 7.61. The lowest BCUT2D eigenvalue weighted by molar-refractivity contribution is 0.0954. The molecule has 1 aromatic carbocycles. The molecule has 1 aromatic heterocycles. The van der Waals surface area contributed by atoms with Crippen LogP contribution in [0.1, 0.15) is 46.8 Å². The fraction of sp³-hybridized carbons (Fsp3) is 0.278. The lowest BCUT2D eigenvalue weighted by Crippen LogP contribution is -2.19. The van der Waals surface area contributed by atoms with E-state index in [2.05, 4.69) is 33.7 Å². The summed E-state index contributed by atoms with van der Waals surface area (Å²) in [5.41, 5.74) is 7.90. The summed E-state index contributed by atoms with van der Waals surface area (Å²) in [6, 6.07) is 9.80. The molecule has 0 bridgehead atoms. The second-order valence-corrected chi connectivity index (χ2v) is 5.56. The molecule has 112 valence electrons. The first kappa shape index (κ1) is 14.4. The molecule has 22 heavy (non-hydrogen) atoms. The van der Waals surface area contributed by atoms with Crippen molar-refractivity contribution in [2.75, 3.05) is 0 Å². The van der Waals surface area contributed by atoms with Crippen LogP contribution >= 0.6 is 0 Å². The van der Waals surface area contributed by atoms with E-state index < -0.39 is 0 Å². The fourth-order valence-corrected chi connectivity index (χ4v) is 2.73. The third kappa shape index (κ3) is 3.22. The van der Waals surface area contributed by atoms with Crippen molar-refractivity contribution >= 4 is 11.6 Å². The number of hydrazone groups is 1. The number of carbonyl (C=O) groups excluding carboxylic acids is 1. The van der Waals surface area contributed by atoms with E-state index in [0.717, 1.165) is 17.7 Å². The zero-order valence-electron chi connectivity index (χ0n) is 12.7. The maximum absolute atomic E-state index is 12.0. The van der Waals surface area contributed by atoms with Gasteiger partial charge in [0.15, 0.2) is 0 Å². The van der Waals surface area contributed by atoms with E-state index >= 15 is 0 Å². The van der Waals surface area contributed by atoms with Crippen molar-refractivity contribution in [1.82, 2.24) is 10.4 Å². The van der Waals surface area contributed by atoms with Gasteiger partial charge in [0.2, 0.25) is 0 Å². The van der Waals surface area contributed by atoms with Gasteiger partial charge in [-0.15, -0.1) is 0 Å². The van der Waals surface area contributed by atoms with Crippen molar-refractivity contribution in [3.63, 3.8) is 0 Å². The number of benzene rings is 1. The van der Waals surface area contributed by atoms with Crippen LogP contribution in [0.4, 0.5) is 0 Å². The molecular formula is C18H19N3O. The Balaban J connectivity index is 1.73.